The van der Waals surface area contributed by atoms with Gasteiger partial charge < -0.3 is 9.16 Å². The number of rotatable bonds is 13. The van der Waals surface area contributed by atoms with Crippen LogP contribution >= 0.6 is 0 Å². The van der Waals surface area contributed by atoms with Crippen molar-refractivity contribution in [1.29, 1.82) is 0 Å². The molecule has 0 bridgehead atoms. The Balaban J connectivity index is 1.18. The molecule has 0 aliphatic carbocycles. The van der Waals surface area contributed by atoms with Crippen LogP contribution in [-0.2, 0) is 27.8 Å². The van der Waals surface area contributed by atoms with Crippen molar-refractivity contribution in [2.45, 2.75) is 50.9 Å². The Kier molecular flexibility index (Phi) is 10.5. The highest BCUT2D eigenvalue weighted by molar-refractivity contribution is 6.99. The lowest BCUT2D eigenvalue weighted by molar-refractivity contribution is 0.000237. The highest BCUT2D eigenvalue weighted by atomic mass is 28.4. The molecule has 0 atom stereocenters. The van der Waals surface area contributed by atoms with Crippen LogP contribution in [0.3, 0.4) is 0 Å². The van der Waals surface area contributed by atoms with Gasteiger partial charge in [-0.25, -0.2) is 0 Å². The van der Waals surface area contributed by atoms with E-state index in [2.05, 4.69) is 197 Å². The fourth-order valence-electron chi connectivity index (χ4n) is 7.03. The van der Waals surface area contributed by atoms with Gasteiger partial charge in [0.25, 0.3) is 8.32 Å². The van der Waals surface area contributed by atoms with Crippen molar-refractivity contribution >= 4 is 18.7 Å². The molecule has 0 saturated heterocycles. The fourth-order valence-corrected chi connectivity index (χ4v) is 11.6. The average Bonchev–Trinajstić information content (AvgIpc) is 3.14. The summed E-state index contributed by atoms with van der Waals surface area (Å²) < 4.78 is 14.2. The van der Waals surface area contributed by atoms with Gasteiger partial charge in [-0.15, -0.1) is 0 Å². The van der Waals surface area contributed by atoms with Gasteiger partial charge in [0.1, 0.15) is 5.60 Å². The second kappa shape index (κ2) is 15.1. The van der Waals surface area contributed by atoms with Gasteiger partial charge in [-0.3, -0.25) is 0 Å². The quantitative estimate of drug-likeness (QED) is 0.0707. The third-order valence-corrected chi connectivity index (χ3v) is 14.4. The first kappa shape index (κ1) is 33.4. The minimum atomic E-state index is -2.53. The first-order chi connectivity index (χ1) is 23.4. The van der Waals surface area contributed by atoms with Crippen LogP contribution in [0.25, 0.3) is 0 Å². The van der Waals surface area contributed by atoms with Crippen LogP contribution in [0.15, 0.2) is 176 Å². The van der Waals surface area contributed by atoms with E-state index in [1.165, 1.54) is 15.9 Å². The van der Waals surface area contributed by atoms with Gasteiger partial charge in [-0.05, 0) is 56.1 Å². The number of hydrogen-bond donors (Lipinski definition) is 0. The van der Waals surface area contributed by atoms with Crippen molar-refractivity contribution in [3.05, 3.63) is 204 Å². The van der Waals surface area contributed by atoms with E-state index in [0.717, 1.165) is 35.1 Å². The largest absolute Gasteiger partial charge is 0.407 e. The van der Waals surface area contributed by atoms with Crippen LogP contribution in [-0.4, -0.2) is 14.9 Å². The fraction of sp³-hybridized carbons (Fsp3) is 0.200. The highest BCUT2D eigenvalue weighted by Gasteiger charge is 2.50. The molecule has 0 aliphatic heterocycles. The summed E-state index contributed by atoms with van der Waals surface area (Å²) in [5, 5.41) is 2.63. The van der Waals surface area contributed by atoms with Crippen LogP contribution < -0.4 is 10.4 Å². The van der Waals surface area contributed by atoms with Crippen molar-refractivity contribution in [3.63, 3.8) is 0 Å². The molecule has 0 heterocycles. The van der Waals surface area contributed by atoms with Gasteiger partial charge in [0.15, 0.2) is 0 Å². The standard InChI is InChI=1S/C45H46O2Si/c1-44(2,3)48(42-27-15-7-16-28-42,43-29-17-8-18-30-43)47-35-19-20-37-31-33-38(34-32-37)36-46-45(39-21-9-4-10-22-39,40-23-11-5-12-24-40)41-25-13-6-14-26-41/h4-18,21-34H,19-20,35-36H2,1-3H3. The molecule has 0 aromatic heterocycles. The second-order valence-corrected chi connectivity index (χ2v) is 17.8. The number of hydrogen-bond acceptors (Lipinski definition) is 2. The minimum absolute atomic E-state index is 0.0220. The Bertz CT molecular complexity index is 1680. The molecular formula is C45H46O2Si. The predicted octanol–water partition coefficient (Wildman–Crippen LogP) is 9.70. The molecule has 0 amide bonds. The van der Waals surface area contributed by atoms with Crippen molar-refractivity contribution in [2.75, 3.05) is 6.61 Å². The first-order valence-electron chi connectivity index (χ1n) is 17.1. The van der Waals surface area contributed by atoms with Gasteiger partial charge in [0.05, 0.1) is 6.61 Å². The number of aryl methyl sites for hydroxylation is 1. The summed E-state index contributed by atoms with van der Waals surface area (Å²) in [6.45, 7) is 8.20. The Morgan fingerprint density at radius 3 is 1.23 bits per heavy atom. The number of ether oxygens (including phenoxy) is 1. The van der Waals surface area contributed by atoms with Crippen LogP contribution in [0.1, 0.15) is 55.0 Å². The number of benzene rings is 6. The topological polar surface area (TPSA) is 18.5 Å². The molecule has 0 unspecified atom stereocenters. The molecule has 3 heteroatoms. The van der Waals surface area contributed by atoms with E-state index in [-0.39, 0.29) is 5.04 Å². The Labute approximate surface area is 288 Å². The second-order valence-electron chi connectivity index (χ2n) is 13.5. The summed E-state index contributed by atoms with van der Waals surface area (Å²) in [7, 11) is -2.53. The molecular weight excluding hydrogens is 601 g/mol. The maximum atomic E-state index is 7.13. The van der Waals surface area contributed by atoms with Gasteiger partial charge in [0.2, 0.25) is 0 Å². The summed E-state index contributed by atoms with van der Waals surface area (Å²) in [5.74, 6) is 0. The molecule has 6 rings (SSSR count). The summed E-state index contributed by atoms with van der Waals surface area (Å²) >= 11 is 0. The van der Waals surface area contributed by atoms with Crippen LogP contribution in [0.5, 0.6) is 0 Å². The highest BCUT2D eigenvalue weighted by Crippen LogP contribution is 2.41. The van der Waals surface area contributed by atoms with Gasteiger partial charge in [-0.2, -0.15) is 0 Å². The molecule has 0 radical (unpaired) electrons. The zero-order valence-corrected chi connectivity index (χ0v) is 29.4. The average molecular weight is 647 g/mol. The van der Waals surface area contributed by atoms with Crippen LogP contribution in [0.2, 0.25) is 5.04 Å². The summed E-state index contributed by atoms with van der Waals surface area (Å²) in [6.07, 6.45) is 1.92. The molecule has 0 fully saturated rings. The molecule has 0 N–H and O–H groups in total. The van der Waals surface area contributed by atoms with Crippen LogP contribution in [0, 0.1) is 0 Å². The van der Waals surface area contributed by atoms with E-state index in [9.17, 15) is 0 Å². The van der Waals surface area contributed by atoms with E-state index in [1.807, 2.05) is 0 Å². The lowest BCUT2D eigenvalue weighted by Crippen LogP contribution is -2.66. The van der Waals surface area contributed by atoms with Crippen molar-refractivity contribution in [2.24, 2.45) is 0 Å². The van der Waals surface area contributed by atoms with E-state index < -0.39 is 13.9 Å². The smallest absolute Gasteiger partial charge is 0.261 e. The summed E-state index contributed by atoms with van der Waals surface area (Å²) in [4.78, 5) is 0. The molecule has 0 aliphatic rings. The van der Waals surface area contributed by atoms with Crippen molar-refractivity contribution in [3.8, 4) is 0 Å². The van der Waals surface area contributed by atoms with Crippen molar-refractivity contribution < 1.29 is 9.16 Å². The summed E-state index contributed by atoms with van der Waals surface area (Å²) in [6, 6.07) is 62.4. The maximum Gasteiger partial charge on any atom is 0.261 e. The molecule has 0 spiro atoms. The Hall–Kier alpha value is -4.54. The lowest BCUT2D eigenvalue weighted by atomic mass is 9.80. The molecule has 48 heavy (non-hydrogen) atoms. The predicted molar refractivity (Wildman–Crippen MR) is 202 cm³/mol. The lowest BCUT2D eigenvalue weighted by Gasteiger charge is -2.43. The Morgan fingerprint density at radius 1 is 0.458 bits per heavy atom. The summed E-state index contributed by atoms with van der Waals surface area (Å²) in [5.41, 5.74) is 5.06. The molecule has 6 aromatic carbocycles. The van der Waals surface area contributed by atoms with Crippen molar-refractivity contribution in [1.82, 2.24) is 0 Å². The van der Waals surface area contributed by atoms with E-state index in [1.54, 1.807) is 0 Å². The first-order valence-corrected chi connectivity index (χ1v) is 19.0. The van der Waals surface area contributed by atoms with Crippen LogP contribution in [0.4, 0.5) is 0 Å². The van der Waals surface area contributed by atoms with E-state index in [0.29, 0.717) is 13.2 Å². The normalized spacial score (nSPS) is 12.1. The van der Waals surface area contributed by atoms with Gasteiger partial charge in [-0.1, -0.05) is 197 Å². The zero-order chi connectivity index (χ0) is 33.3. The minimum Gasteiger partial charge on any atom is -0.407 e. The molecule has 2 nitrogen and oxygen atoms in total. The van der Waals surface area contributed by atoms with E-state index >= 15 is 0 Å². The van der Waals surface area contributed by atoms with Gasteiger partial charge in [0, 0.05) is 6.61 Å². The van der Waals surface area contributed by atoms with Gasteiger partial charge >= 0.3 is 0 Å². The maximum absolute atomic E-state index is 7.13. The zero-order valence-electron chi connectivity index (χ0n) is 28.4. The molecule has 242 valence electrons. The third-order valence-electron chi connectivity index (χ3n) is 9.36. The Morgan fingerprint density at radius 2 is 0.833 bits per heavy atom. The third kappa shape index (κ3) is 7.00. The SMILES string of the molecule is CC(C)(C)[Si](OCCCc1ccc(COC(c2ccccc2)(c2ccccc2)c2ccccc2)cc1)(c1ccccc1)c1ccccc1. The monoisotopic (exact) mass is 646 g/mol. The van der Waals surface area contributed by atoms with E-state index in [4.69, 9.17) is 9.16 Å². The molecule has 0 saturated carbocycles. The molecule has 6 aromatic rings.